The van der Waals surface area contributed by atoms with E-state index in [1.807, 2.05) is 0 Å². The second-order valence-corrected chi connectivity index (χ2v) is 3.15. The van der Waals surface area contributed by atoms with Crippen LogP contribution in [0.3, 0.4) is 0 Å². The number of amides is 1. The number of nitrogens with two attached hydrogens (primary N) is 1. The molecule has 0 aliphatic carbocycles. The maximum atomic E-state index is 11.4. The number of ether oxygens (including phenoxy) is 1. The van der Waals surface area contributed by atoms with Crippen LogP contribution in [0, 0.1) is 0 Å². The van der Waals surface area contributed by atoms with Gasteiger partial charge in [0.1, 0.15) is 5.84 Å². The molecule has 1 unspecified atom stereocenters. The van der Waals surface area contributed by atoms with Crippen LogP contribution < -0.4 is 5.73 Å². The maximum absolute atomic E-state index is 11.4. The first kappa shape index (κ1) is 13.7. The topological polar surface area (TPSA) is 108 Å². The summed E-state index contributed by atoms with van der Waals surface area (Å²) in [5.74, 6) is -0.492. The normalized spacial score (nSPS) is 13.7. The van der Waals surface area contributed by atoms with E-state index in [0.29, 0.717) is 0 Å². The van der Waals surface area contributed by atoms with E-state index in [1.54, 1.807) is 0 Å². The first-order chi connectivity index (χ1) is 7.01. The predicted molar refractivity (Wildman–Crippen MR) is 53.5 cm³/mol. The average Bonchev–Trinajstić information content (AvgIpc) is 2.17. The van der Waals surface area contributed by atoms with Crippen molar-refractivity contribution in [3.05, 3.63) is 0 Å². The third-order valence-corrected chi connectivity index (χ3v) is 1.73. The van der Waals surface area contributed by atoms with Crippen molar-refractivity contribution < 1.29 is 19.8 Å². The number of carbonyl (C=O) groups excluding carboxylic acids is 1. The van der Waals surface area contributed by atoms with Crippen molar-refractivity contribution in [1.29, 1.82) is 0 Å². The maximum Gasteiger partial charge on any atom is 0.230 e. The summed E-state index contributed by atoms with van der Waals surface area (Å²) < 4.78 is 4.71. The Morgan fingerprint density at radius 2 is 2.27 bits per heavy atom. The smallest absolute Gasteiger partial charge is 0.230 e. The SMILES string of the molecule is COCC(O)CN(C)C(=O)CC(N)=NO. The number of nitrogens with zero attached hydrogens (tertiary/aromatic N) is 2. The molecule has 0 heterocycles. The van der Waals surface area contributed by atoms with E-state index in [0.717, 1.165) is 0 Å². The summed E-state index contributed by atoms with van der Waals surface area (Å²) in [5, 5.41) is 20.3. The van der Waals surface area contributed by atoms with E-state index in [-0.39, 0.29) is 31.3 Å². The van der Waals surface area contributed by atoms with E-state index in [2.05, 4.69) is 5.16 Å². The molecule has 1 amide bonds. The van der Waals surface area contributed by atoms with Crippen molar-refractivity contribution in [3.63, 3.8) is 0 Å². The van der Waals surface area contributed by atoms with Crippen molar-refractivity contribution in [2.75, 3.05) is 27.3 Å². The number of hydrogen-bond donors (Lipinski definition) is 3. The third-order valence-electron chi connectivity index (χ3n) is 1.73. The van der Waals surface area contributed by atoms with Gasteiger partial charge >= 0.3 is 0 Å². The molecule has 0 aliphatic heterocycles. The summed E-state index contributed by atoms with van der Waals surface area (Å²) in [4.78, 5) is 12.6. The molecule has 88 valence electrons. The molecule has 0 radical (unpaired) electrons. The monoisotopic (exact) mass is 219 g/mol. The molecule has 0 fully saturated rings. The number of aliphatic hydroxyl groups is 1. The van der Waals surface area contributed by atoms with Crippen LogP contribution in [0.4, 0.5) is 0 Å². The van der Waals surface area contributed by atoms with Crippen molar-refractivity contribution in [1.82, 2.24) is 4.90 Å². The van der Waals surface area contributed by atoms with E-state index < -0.39 is 6.10 Å². The standard InChI is InChI=1S/C8H17N3O4/c1-11(4-6(12)5-15-2)8(13)3-7(9)10-14/h6,12,14H,3-5H2,1-2H3,(H2,9,10). The molecule has 0 aromatic heterocycles. The third kappa shape index (κ3) is 5.87. The highest BCUT2D eigenvalue weighted by molar-refractivity contribution is 5.98. The summed E-state index contributed by atoms with van der Waals surface area (Å²) in [6.07, 6.45) is -0.913. The number of oxime groups is 1. The van der Waals surface area contributed by atoms with E-state index >= 15 is 0 Å². The minimum Gasteiger partial charge on any atom is -0.409 e. The van der Waals surface area contributed by atoms with Gasteiger partial charge in [0, 0.05) is 20.7 Å². The number of hydrogen-bond acceptors (Lipinski definition) is 5. The summed E-state index contributed by atoms with van der Waals surface area (Å²) in [6, 6.07) is 0. The first-order valence-electron chi connectivity index (χ1n) is 4.38. The minimum atomic E-state index is -0.740. The molecule has 4 N–H and O–H groups in total. The Hall–Kier alpha value is -1.34. The molecule has 15 heavy (non-hydrogen) atoms. The fraction of sp³-hybridized carbons (Fsp3) is 0.750. The van der Waals surface area contributed by atoms with Gasteiger partial charge in [0.05, 0.1) is 19.1 Å². The Balaban J connectivity index is 3.98. The number of aliphatic hydroxyl groups excluding tert-OH is 1. The van der Waals surface area contributed by atoms with Crippen LogP contribution in [-0.4, -0.2) is 60.4 Å². The van der Waals surface area contributed by atoms with Crippen LogP contribution in [0.2, 0.25) is 0 Å². The van der Waals surface area contributed by atoms with Gasteiger partial charge in [-0.1, -0.05) is 5.16 Å². The molecule has 0 spiro atoms. The Kier molecular flexibility index (Phi) is 6.39. The lowest BCUT2D eigenvalue weighted by atomic mass is 10.3. The van der Waals surface area contributed by atoms with Gasteiger partial charge in [-0.3, -0.25) is 4.79 Å². The van der Waals surface area contributed by atoms with Gasteiger partial charge in [0.15, 0.2) is 0 Å². The van der Waals surface area contributed by atoms with Crippen molar-refractivity contribution >= 4 is 11.7 Å². The number of carbonyl (C=O) groups is 1. The predicted octanol–water partition coefficient (Wildman–Crippen LogP) is -1.41. The Morgan fingerprint density at radius 3 is 2.73 bits per heavy atom. The van der Waals surface area contributed by atoms with Gasteiger partial charge in [0.2, 0.25) is 5.91 Å². The number of likely N-dealkylation sites (N-methyl/N-ethyl adjacent to an activating group) is 1. The van der Waals surface area contributed by atoms with Crippen LogP contribution in [0.15, 0.2) is 5.16 Å². The minimum absolute atomic E-state index is 0.144. The van der Waals surface area contributed by atoms with Gasteiger partial charge < -0.3 is 25.7 Å². The molecule has 0 aromatic rings. The number of rotatable bonds is 6. The lowest BCUT2D eigenvalue weighted by Gasteiger charge is -2.20. The van der Waals surface area contributed by atoms with Crippen LogP contribution in [-0.2, 0) is 9.53 Å². The van der Waals surface area contributed by atoms with Gasteiger partial charge in [-0.05, 0) is 0 Å². The Bertz CT molecular complexity index is 232. The molecule has 0 bridgehead atoms. The lowest BCUT2D eigenvalue weighted by Crippen LogP contribution is -2.37. The van der Waals surface area contributed by atoms with Gasteiger partial charge in [-0.2, -0.15) is 0 Å². The largest absolute Gasteiger partial charge is 0.409 e. The second kappa shape index (κ2) is 7.02. The fourth-order valence-electron chi connectivity index (χ4n) is 0.988. The number of methoxy groups -OCH3 is 1. The van der Waals surface area contributed by atoms with Crippen LogP contribution in [0.5, 0.6) is 0 Å². The van der Waals surface area contributed by atoms with Crippen molar-refractivity contribution in [3.8, 4) is 0 Å². The highest BCUT2D eigenvalue weighted by Gasteiger charge is 2.14. The molecule has 0 rings (SSSR count). The zero-order valence-corrected chi connectivity index (χ0v) is 8.88. The molecule has 0 aromatic carbocycles. The highest BCUT2D eigenvalue weighted by atomic mass is 16.5. The first-order valence-corrected chi connectivity index (χ1v) is 4.38. The van der Waals surface area contributed by atoms with Crippen LogP contribution >= 0.6 is 0 Å². The van der Waals surface area contributed by atoms with E-state index in [9.17, 15) is 9.90 Å². The number of amidine groups is 1. The molecule has 0 saturated carbocycles. The van der Waals surface area contributed by atoms with Gasteiger partial charge in [0.25, 0.3) is 0 Å². The lowest BCUT2D eigenvalue weighted by molar-refractivity contribution is -0.130. The summed E-state index contributed by atoms with van der Waals surface area (Å²) in [5.41, 5.74) is 5.17. The molecule has 7 nitrogen and oxygen atoms in total. The average molecular weight is 219 g/mol. The highest BCUT2D eigenvalue weighted by Crippen LogP contribution is 1.94. The summed E-state index contributed by atoms with van der Waals surface area (Å²) >= 11 is 0. The quantitative estimate of drug-likeness (QED) is 0.220. The molecule has 0 saturated heterocycles. The van der Waals surface area contributed by atoms with E-state index in [4.69, 9.17) is 15.7 Å². The zero-order valence-electron chi connectivity index (χ0n) is 8.88. The Morgan fingerprint density at radius 1 is 1.67 bits per heavy atom. The van der Waals surface area contributed by atoms with Crippen LogP contribution in [0.1, 0.15) is 6.42 Å². The van der Waals surface area contributed by atoms with Gasteiger partial charge in [-0.15, -0.1) is 0 Å². The zero-order chi connectivity index (χ0) is 11.8. The van der Waals surface area contributed by atoms with Gasteiger partial charge in [-0.25, -0.2) is 0 Å². The molecule has 1 atom stereocenters. The van der Waals surface area contributed by atoms with Crippen molar-refractivity contribution in [2.45, 2.75) is 12.5 Å². The molecular formula is C8H17N3O4. The molecule has 7 heteroatoms. The summed E-state index contributed by atoms with van der Waals surface area (Å²) in [7, 11) is 2.98. The second-order valence-electron chi connectivity index (χ2n) is 3.15. The van der Waals surface area contributed by atoms with Crippen LogP contribution in [0.25, 0.3) is 0 Å². The fourth-order valence-corrected chi connectivity index (χ4v) is 0.988. The molecule has 0 aliphatic rings. The summed E-state index contributed by atoms with van der Waals surface area (Å²) in [6.45, 7) is 0.298. The van der Waals surface area contributed by atoms with Crippen molar-refractivity contribution in [2.24, 2.45) is 10.9 Å². The molecular weight excluding hydrogens is 202 g/mol. The Labute approximate surface area is 88.1 Å². The van der Waals surface area contributed by atoms with E-state index in [1.165, 1.54) is 19.1 Å².